The number of hydrogen-bond donors (Lipinski definition) is 1. The van der Waals surface area contributed by atoms with Gasteiger partial charge in [-0.15, -0.1) is 0 Å². The Hall–Kier alpha value is -1.55. The zero-order valence-electron chi connectivity index (χ0n) is 10.8. The van der Waals surface area contributed by atoms with E-state index in [2.05, 4.69) is 0 Å². The lowest BCUT2D eigenvalue weighted by Crippen LogP contribution is -2.28. The van der Waals surface area contributed by atoms with Crippen molar-refractivity contribution in [2.45, 2.75) is 32.0 Å². The number of hydrogen-bond acceptors (Lipinski definition) is 1. The minimum Gasteiger partial charge on any atom is -0.316 e. The highest BCUT2D eigenvalue weighted by Gasteiger charge is 2.38. The Bertz CT molecular complexity index is 587. The van der Waals surface area contributed by atoms with Gasteiger partial charge < -0.3 is 5.73 Å². The lowest BCUT2D eigenvalue weighted by atomic mass is 9.94. The average molecular weight is 267 g/mol. The van der Waals surface area contributed by atoms with Crippen LogP contribution >= 0.6 is 0 Å². The Morgan fingerprint density at radius 3 is 2.32 bits per heavy atom. The maximum absolute atomic E-state index is 12.8. The van der Waals surface area contributed by atoms with Gasteiger partial charge in [0.15, 0.2) is 0 Å². The first-order valence-corrected chi connectivity index (χ1v) is 6.15. The summed E-state index contributed by atoms with van der Waals surface area (Å²) in [6, 6.07) is 8.50. The Balaban J connectivity index is 2.64. The van der Waals surface area contributed by atoms with Crippen molar-refractivity contribution in [3.63, 3.8) is 0 Å². The van der Waals surface area contributed by atoms with Crippen molar-refractivity contribution in [1.82, 2.24) is 0 Å². The zero-order chi connectivity index (χ0) is 14.2. The molecular weight excluding hydrogens is 251 g/mol. The minimum atomic E-state index is -4.43. The molecule has 2 aromatic rings. The summed E-state index contributed by atoms with van der Waals surface area (Å²) in [6.45, 7) is 4.01. The predicted molar refractivity (Wildman–Crippen MR) is 71.0 cm³/mol. The molecule has 0 fully saturated rings. The van der Waals surface area contributed by atoms with Gasteiger partial charge in [0.2, 0.25) is 0 Å². The number of rotatable bonds is 2. The van der Waals surface area contributed by atoms with Crippen molar-refractivity contribution in [1.29, 1.82) is 0 Å². The van der Waals surface area contributed by atoms with Crippen LogP contribution in [0.5, 0.6) is 0 Å². The molecule has 0 aromatic heterocycles. The maximum atomic E-state index is 12.8. The number of alkyl halides is 3. The molecule has 0 unspecified atom stereocenters. The molecule has 0 spiro atoms. The molecule has 102 valence electrons. The summed E-state index contributed by atoms with van der Waals surface area (Å²) >= 11 is 0. The van der Waals surface area contributed by atoms with E-state index in [0.29, 0.717) is 5.39 Å². The van der Waals surface area contributed by atoms with Crippen LogP contribution in [0.3, 0.4) is 0 Å². The average Bonchev–Trinajstić information content (AvgIpc) is 2.35. The fourth-order valence-corrected chi connectivity index (χ4v) is 2.12. The van der Waals surface area contributed by atoms with Crippen LogP contribution in [0.2, 0.25) is 0 Å². The van der Waals surface area contributed by atoms with Crippen LogP contribution in [0.15, 0.2) is 36.4 Å². The first-order chi connectivity index (χ1) is 8.80. The summed E-state index contributed by atoms with van der Waals surface area (Å²) in [5.41, 5.74) is 6.48. The SMILES string of the molecule is CC(C)c1ccc2cccc([C@H](N)C(F)(F)F)c2c1. The fourth-order valence-electron chi connectivity index (χ4n) is 2.12. The molecule has 2 rings (SSSR count). The van der Waals surface area contributed by atoms with Crippen LogP contribution in [0.1, 0.15) is 36.9 Å². The molecule has 2 aromatic carbocycles. The quantitative estimate of drug-likeness (QED) is 0.850. The van der Waals surface area contributed by atoms with Gasteiger partial charge in [-0.2, -0.15) is 13.2 Å². The van der Waals surface area contributed by atoms with Gasteiger partial charge in [0.05, 0.1) is 0 Å². The van der Waals surface area contributed by atoms with Gasteiger partial charge in [-0.1, -0.05) is 50.2 Å². The summed E-state index contributed by atoms with van der Waals surface area (Å²) in [4.78, 5) is 0. The second-order valence-electron chi connectivity index (χ2n) is 5.00. The summed E-state index contributed by atoms with van der Waals surface area (Å²) in [6.07, 6.45) is -4.43. The highest BCUT2D eigenvalue weighted by molar-refractivity contribution is 5.87. The van der Waals surface area contributed by atoms with Crippen LogP contribution in [0.4, 0.5) is 13.2 Å². The first-order valence-electron chi connectivity index (χ1n) is 6.15. The second-order valence-corrected chi connectivity index (χ2v) is 5.00. The highest BCUT2D eigenvalue weighted by atomic mass is 19.4. The monoisotopic (exact) mass is 267 g/mol. The molecule has 0 saturated heterocycles. The molecule has 0 aliphatic rings. The number of halogens is 3. The third kappa shape index (κ3) is 2.73. The molecule has 0 bridgehead atoms. The minimum absolute atomic E-state index is 0.132. The Labute approximate surface area is 110 Å². The molecule has 0 heterocycles. The van der Waals surface area contributed by atoms with Gasteiger partial charge in [0.1, 0.15) is 6.04 Å². The van der Waals surface area contributed by atoms with E-state index < -0.39 is 12.2 Å². The van der Waals surface area contributed by atoms with E-state index >= 15 is 0 Å². The van der Waals surface area contributed by atoms with Gasteiger partial charge in [-0.25, -0.2) is 0 Å². The molecule has 4 heteroatoms. The lowest BCUT2D eigenvalue weighted by Gasteiger charge is -2.18. The molecular formula is C15H16F3N. The third-order valence-corrected chi connectivity index (χ3v) is 3.29. The van der Waals surface area contributed by atoms with E-state index in [9.17, 15) is 13.2 Å². The van der Waals surface area contributed by atoms with E-state index in [0.717, 1.165) is 10.9 Å². The van der Waals surface area contributed by atoms with Crippen molar-refractivity contribution >= 4 is 10.8 Å². The van der Waals surface area contributed by atoms with E-state index in [4.69, 9.17) is 5.73 Å². The molecule has 0 aliphatic heterocycles. The van der Waals surface area contributed by atoms with Gasteiger partial charge in [-0.3, -0.25) is 0 Å². The fraction of sp³-hybridized carbons (Fsp3) is 0.333. The molecule has 19 heavy (non-hydrogen) atoms. The van der Waals surface area contributed by atoms with E-state index in [1.807, 2.05) is 26.0 Å². The Morgan fingerprint density at radius 2 is 1.74 bits per heavy atom. The van der Waals surface area contributed by atoms with E-state index in [-0.39, 0.29) is 11.5 Å². The van der Waals surface area contributed by atoms with Crippen LogP contribution in [0, 0.1) is 0 Å². The van der Waals surface area contributed by atoms with Crippen molar-refractivity contribution in [3.8, 4) is 0 Å². The van der Waals surface area contributed by atoms with Crippen molar-refractivity contribution in [2.75, 3.05) is 0 Å². The number of nitrogens with two attached hydrogens (primary N) is 1. The smallest absolute Gasteiger partial charge is 0.316 e. The normalized spacial score (nSPS) is 14.1. The third-order valence-electron chi connectivity index (χ3n) is 3.29. The standard InChI is InChI=1S/C15H16F3N/c1-9(2)11-7-6-10-4-3-5-12(13(10)8-11)14(19)15(16,17)18/h3-9,14H,19H2,1-2H3/t14-/m0/s1. The molecule has 2 N–H and O–H groups in total. The summed E-state index contributed by atoms with van der Waals surface area (Å²) in [7, 11) is 0. The van der Waals surface area contributed by atoms with Gasteiger partial charge in [-0.05, 0) is 27.8 Å². The number of fused-ring (bicyclic) bond motifs is 1. The summed E-state index contributed by atoms with van der Waals surface area (Å²) in [5, 5.41) is 1.36. The van der Waals surface area contributed by atoms with Crippen molar-refractivity contribution in [3.05, 3.63) is 47.5 Å². The molecule has 0 radical (unpaired) electrons. The number of benzene rings is 2. The van der Waals surface area contributed by atoms with Gasteiger partial charge in [0.25, 0.3) is 0 Å². The zero-order valence-corrected chi connectivity index (χ0v) is 10.8. The van der Waals surface area contributed by atoms with Crippen molar-refractivity contribution in [2.24, 2.45) is 5.73 Å². The summed E-state index contributed by atoms with van der Waals surface area (Å²) in [5.74, 6) is 0.263. The van der Waals surface area contributed by atoms with Crippen LogP contribution in [0.25, 0.3) is 10.8 Å². The first kappa shape index (κ1) is 13.9. The Morgan fingerprint density at radius 1 is 1.05 bits per heavy atom. The molecule has 0 amide bonds. The molecule has 0 aliphatic carbocycles. The summed E-state index contributed by atoms with van der Waals surface area (Å²) < 4.78 is 38.4. The van der Waals surface area contributed by atoms with Crippen molar-refractivity contribution < 1.29 is 13.2 Å². The topological polar surface area (TPSA) is 26.0 Å². The predicted octanol–water partition coefficient (Wildman–Crippen LogP) is 4.53. The van der Waals surface area contributed by atoms with Crippen LogP contribution in [-0.4, -0.2) is 6.18 Å². The van der Waals surface area contributed by atoms with Crippen LogP contribution < -0.4 is 5.73 Å². The van der Waals surface area contributed by atoms with Crippen LogP contribution in [-0.2, 0) is 0 Å². The molecule has 1 atom stereocenters. The maximum Gasteiger partial charge on any atom is 0.407 e. The molecule has 0 saturated carbocycles. The van der Waals surface area contributed by atoms with Gasteiger partial charge in [0, 0.05) is 0 Å². The highest BCUT2D eigenvalue weighted by Crippen LogP contribution is 2.35. The lowest BCUT2D eigenvalue weighted by molar-refractivity contribution is -0.148. The second kappa shape index (κ2) is 4.85. The van der Waals surface area contributed by atoms with E-state index in [1.165, 1.54) is 6.07 Å². The molecule has 1 nitrogen and oxygen atoms in total. The van der Waals surface area contributed by atoms with Gasteiger partial charge >= 0.3 is 6.18 Å². The Kier molecular flexibility index (Phi) is 3.54. The largest absolute Gasteiger partial charge is 0.407 e. The van der Waals surface area contributed by atoms with E-state index in [1.54, 1.807) is 18.2 Å².